The first-order valence-electron chi connectivity index (χ1n) is 6.38. The van der Waals surface area contributed by atoms with Crippen LogP contribution in [0.4, 0.5) is 11.4 Å². The van der Waals surface area contributed by atoms with Gasteiger partial charge in [-0.2, -0.15) is 10.2 Å². The van der Waals surface area contributed by atoms with Crippen LogP contribution in [0.5, 0.6) is 0 Å². The maximum Gasteiger partial charge on any atom is 0.0692 e. The van der Waals surface area contributed by atoms with Crippen LogP contribution in [0.1, 0.15) is 25.0 Å². The first-order valence-corrected chi connectivity index (χ1v) is 6.38. The third-order valence-electron chi connectivity index (χ3n) is 3.05. The van der Waals surface area contributed by atoms with Crippen LogP contribution in [0.15, 0.2) is 58.7 Å². The van der Waals surface area contributed by atoms with Crippen molar-refractivity contribution in [2.75, 3.05) is 11.5 Å². The number of nitrogen functional groups attached to an aromatic ring is 2. The van der Waals surface area contributed by atoms with E-state index in [1.165, 1.54) is 0 Å². The van der Waals surface area contributed by atoms with Gasteiger partial charge in [-0.3, -0.25) is 0 Å². The minimum absolute atomic E-state index is 0.695. The number of hydrogen-bond acceptors (Lipinski definition) is 4. The molecule has 0 aromatic heterocycles. The van der Waals surface area contributed by atoms with E-state index in [0.29, 0.717) is 11.4 Å². The minimum Gasteiger partial charge on any atom is -0.398 e. The van der Waals surface area contributed by atoms with E-state index in [1.807, 2.05) is 62.4 Å². The summed E-state index contributed by atoms with van der Waals surface area (Å²) in [7, 11) is 0. The second kappa shape index (κ2) is 6.02. The van der Waals surface area contributed by atoms with Crippen LogP contribution in [0.25, 0.3) is 0 Å². The minimum atomic E-state index is 0.695. The maximum atomic E-state index is 5.91. The molecule has 0 heterocycles. The average molecular weight is 266 g/mol. The van der Waals surface area contributed by atoms with Crippen LogP contribution in [-0.2, 0) is 0 Å². The second-order valence-electron chi connectivity index (χ2n) is 4.55. The highest BCUT2D eigenvalue weighted by atomic mass is 15.2. The fourth-order valence-corrected chi connectivity index (χ4v) is 1.91. The van der Waals surface area contributed by atoms with Crippen molar-refractivity contribution in [2.24, 2.45) is 10.2 Å². The molecule has 2 aromatic carbocycles. The van der Waals surface area contributed by atoms with Gasteiger partial charge >= 0.3 is 0 Å². The zero-order valence-electron chi connectivity index (χ0n) is 11.7. The zero-order chi connectivity index (χ0) is 14.5. The summed E-state index contributed by atoms with van der Waals surface area (Å²) in [5.41, 5.74) is 16.6. The first-order chi connectivity index (χ1) is 9.59. The molecule has 0 fully saturated rings. The summed E-state index contributed by atoms with van der Waals surface area (Å²) < 4.78 is 0. The van der Waals surface area contributed by atoms with Gasteiger partial charge in [-0.1, -0.05) is 36.4 Å². The highest BCUT2D eigenvalue weighted by Crippen LogP contribution is 2.14. The topological polar surface area (TPSA) is 76.8 Å². The highest BCUT2D eigenvalue weighted by Gasteiger charge is 2.03. The first kappa shape index (κ1) is 13.8. The highest BCUT2D eigenvalue weighted by molar-refractivity contribution is 6.05. The monoisotopic (exact) mass is 266 g/mol. The quantitative estimate of drug-likeness (QED) is 0.509. The summed E-state index contributed by atoms with van der Waals surface area (Å²) in [6, 6.07) is 15.2. The number of anilines is 2. The molecule has 0 spiro atoms. The van der Waals surface area contributed by atoms with Crippen molar-refractivity contribution in [2.45, 2.75) is 13.8 Å². The maximum absolute atomic E-state index is 5.91. The molecule has 0 saturated heterocycles. The Morgan fingerprint density at radius 2 is 1.05 bits per heavy atom. The summed E-state index contributed by atoms with van der Waals surface area (Å²) in [5.74, 6) is 0. The molecular formula is C16H18N4. The third kappa shape index (κ3) is 3.03. The largest absolute Gasteiger partial charge is 0.398 e. The molecule has 0 radical (unpaired) electrons. The van der Waals surface area contributed by atoms with Gasteiger partial charge in [0.2, 0.25) is 0 Å². The van der Waals surface area contributed by atoms with Crippen molar-refractivity contribution in [3.05, 3.63) is 59.7 Å². The Kier molecular flexibility index (Phi) is 4.15. The number of benzene rings is 2. The van der Waals surface area contributed by atoms with Crippen LogP contribution < -0.4 is 11.5 Å². The molecule has 0 aliphatic rings. The van der Waals surface area contributed by atoms with Crippen molar-refractivity contribution in [3.63, 3.8) is 0 Å². The van der Waals surface area contributed by atoms with Crippen molar-refractivity contribution >= 4 is 22.8 Å². The van der Waals surface area contributed by atoms with Crippen molar-refractivity contribution in [1.82, 2.24) is 0 Å². The van der Waals surface area contributed by atoms with Gasteiger partial charge in [0.05, 0.1) is 11.4 Å². The molecule has 0 bridgehead atoms. The number of nitrogens with zero attached hydrogens (tertiary/aromatic N) is 2. The summed E-state index contributed by atoms with van der Waals surface area (Å²) in [6.07, 6.45) is 0. The lowest BCUT2D eigenvalue weighted by Gasteiger charge is -2.04. The van der Waals surface area contributed by atoms with E-state index in [0.717, 1.165) is 22.6 Å². The Bertz CT molecular complexity index is 612. The van der Waals surface area contributed by atoms with Crippen LogP contribution in [0, 0.1) is 0 Å². The van der Waals surface area contributed by atoms with Gasteiger partial charge in [0.1, 0.15) is 0 Å². The summed E-state index contributed by atoms with van der Waals surface area (Å²) >= 11 is 0. The van der Waals surface area contributed by atoms with E-state index < -0.39 is 0 Å². The van der Waals surface area contributed by atoms with Crippen LogP contribution in [0.3, 0.4) is 0 Å². The number of rotatable bonds is 3. The second-order valence-corrected chi connectivity index (χ2v) is 4.55. The molecular weight excluding hydrogens is 248 g/mol. The molecule has 4 heteroatoms. The summed E-state index contributed by atoms with van der Waals surface area (Å²) in [5, 5.41) is 8.48. The Morgan fingerprint density at radius 3 is 1.40 bits per heavy atom. The molecule has 0 aliphatic carbocycles. The van der Waals surface area contributed by atoms with E-state index in [2.05, 4.69) is 10.2 Å². The molecule has 2 rings (SSSR count). The van der Waals surface area contributed by atoms with Gasteiger partial charge < -0.3 is 11.5 Å². The van der Waals surface area contributed by atoms with Crippen molar-refractivity contribution in [3.8, 4) is 0 Å². The SMILES string of the molecule is C/C(=N\N=C(/C)c1ccccc1N)c1ccccc1N. The predicted octanol–water partition coefficient (Wildman–Crippen LogP) is 3.08. The zero-order valence-corrected chi connectivity index (χ0v) is 11.7. The summed E-state index contributed by atoms with van der Waals surface area (Å²) in [6.45, 7) is 3.77. The summed E-state index contributed by atoms with van der Waals surface area (Å²) in [4.78, 5) is 0. The van der Waals surface area contributed by atoms with Crippen molar-refractivity contribution in [1.29, 1.82) is 0 Å². The fourth-order valence-electron chi connectivity index (χ4n) is 1.91. The molecule has 4 N–H and O–H groups in total. The molecule has 4 nitrogen and oxygen atoms in total. The molecule has 0 aliphatic heterocycles. The lowest BCUT2D eigenvalue weighted by atomic mass is 10.1. The fraction of sp³-hybridized carbons (Fsp3) is 0.125. The van der Waals surface area contributed by atoms with Gasteiger partial charge in [0, 0.05) is 22.5 Å². The molecule has 0 saturated carbocycles. The Morgan fingerprint density at radius 1 is 0.700 bits per heavy atom. The van der Waals surface area contributed by atoms with E-state index in [4.69, 9.17) is 11.5 Å². The van der Waals surface area contributed by atoms with Gasteiger partial charge in [-0.25, -0.2) is 0 Å². The Hall–Kier alpha value is -2.62. The Balaban J connectivity index is 2.30. The normalized spacial score (nSPS) is 12.5. The number of nitrogens with two attached hydrogens (primary N) is 2. The molecule has 0 unspecified atom stereocenters. The Labute approximate surface area is 118 Å². The van der Waals surface area contributed by atoms with E-state index in [9.17, 15) is 0 Å². The third-order valence-corrected chi connectivity index (χ3v) is 3.05. The van der Waals surface area contributed by atoms with Gasteiger partial charge in [-0.15, -0.1) is 0 Å². The van der Waals surface area contributed by atoms with Gasteiger partial charge in [0.15, 0.2) is 0 Å². The van der Waals surface area contributed by atoms with Crippen molar-refractivity contribution < 1.29 is 0 Å². The van der Waals surface area contributed by atoms with Gasteiger partial charge in [-0.05, 0) is 26.0 Å². The molecule has 0 atom stereocenters. The molecule has 2 aromatic rings. The molecule has 102 valence electrons. The van der Waals surface area contributed by atoms with E-state index >= 15 is 0 Å². The average Bonchev–Trinajstić information content (AvgIpc) is 2.45. The lowest BCUT2D eigenvalue weighted by molar-refractivity contribution is 1.22. The van der Waals surface area contributed by atoms with Crippen LogP contribution in [0.2, 0.25) is 0 Å². The molecule has 0 amide bonds. The standard InChI is InChI=1S/C16H18N4/c1-11(13-7-3-5-9-15(13)17)19-20-12(2)14-8-4-6-10-16(14)18/h3-10H,17-18H2,1-2H3/b19-11+,20-12+. The van der Waals surface area contributed by atoms with E-state index in [1.54, 1.807) is 0 Å². The van der Waals surface area contributed by atoms with Crippen LogP contribution >= 0.6 is 0 Å². The lowest BCUT2D eigenvalue weighted by Crippen LogP contribution is -2.02. The van der Waals surface area contributed by atoms with Crippen LogP contribution in [-0.4, -0.2) is 11.4 Å². The van der Waals surface area contributed by atoms with E-state index in [-0.39, 0.29) is 0 Å². The number of hydrogen-bond donors (Lipinski definition) is 2. The number of para-hydroxylation sites is 2. The molecule has 20 heavy (non-hydrogen) atoms. The predicted molar refractivity (Wildman–Crippen MR) is 86.1 cm³/mol. The van der Waals surface area contributed by atoms with Gasteiger partial charge in [0.25, 0.3) is 0 Å². The smallest absolute Gasteiger partial charge is 0.0692 e.